The normalized spacial score (nSPS) is 10.1. The summed E-state index contributed by atoms with van der Waals surface area (Å²) in [5, 5.41) is 1.25. The molecule has 108 valence electrons. The molecule has 0 spiro atoms. The van der Waals surface area contributed by atoms with Gasteiger partial charge in [-0.25, -0.2) is 4.39 Å². The Hall–Kier alpha value is -1.18. The SMILES string of the molecule is NCC#Cc1cc(F)cc(CSc2cc(Cl)ccc2Cl)c1. The number of halogens is 3. The van der Waals surface area contributed by atoms with Gasteiger partial charge in [0.25, 0.3) is 0 Å². The van der Waals surface area contributed by atoms with E-state index >= 15 is 0 Å². The third kappa shape index (κ3) is 4.94. The van der Waals surface area contributed by atoms with Crippen LogP contribution in [0, 0.1) is 17.7 Å². The monoisotopic (exact) mass is 339 g/mol. The van der Waals surface area contributed by atoms with Gasteiger partial charge in [0.2, 0.25) is 0 Å². The van der Waals surface area contributed by atoms with Crippen LogP contribution in [0.3, 0.4) is 0 Å². The molecule has 0 bridgehead atoms. The molecule has 0 heterocycles. The summed E-state index contributed by atoms with van der Waals surface area (Å²) < 4.78 is 13.6. The van der Waals surface area contributed by atoms with Crippen LogP contribution in [0.2, 0.25) is 10.0 Å². The summed E-state index contributed by atoms with van der Waals surface area (Å²) >= 11 is 13.5. The van der Waals surface area contributed by atoms with Gasteiger partial charge in [0.15, 0.2) is 0 Å². The average molecular weight is 340 g/mol. The van der Waals surface area contributed by atoms with Gasteiger partial charge >= 0.3 is 0 Å². The molecule has 2 rings (SSSR count). The molecule has 0 saturated heterocycles. The predicted octanol–water partition coefficient (Wildman–Crippen LogP) is 4.74. The lowest BCUT2D eigenvalue weighted by atomic mass is 10.1. The maximum absolute atomic E-state index is 13.6. The zero-order valence-electron chi connectivity index (χ0n) is 11.0. The highest BCUT2D eigenvalue weighted by Gasteiger charge is 2.05. The molecule has 0 aromatic heterocycles. The highest BCUT2D eigenvalue weighted by atomic mass is 35.5. The summed E-state index contributed by atoms with van der Waals surface area (Å²) in [6, 6.07) is 10.00. The van der Waals surface area contributed by atoms with Gasteiger partial charge in [-0.2, -0.15) is 0 Å². The molecule has 0 fully saturated rings. The first-order chi connectivity index (χ1) is 10.1. The summed E-state index contributed by atoms with van der Waals surface area (Å²) in [7, 11) is 0. The number of hydrogen-bond acceptors (Lipinski definition) is 2. The zero-order valence-corrected chi connectivity index (χ0v) is 13.3. The zero-order chi connectivity index (χ0) is 15.2. The first-order valence-electron chi connectivity index (χ1n) is 6.15. The lowest BCUT2D eigenvalue weighted by Gasteiger charge is -2.06. The molecule has 0 amide bonds. The smallest absolute Gasteiger partial charge is 0.124 e. The fourth-order valence-electron chi connectivity index (χ4n) is 1.71. The van der Waals surface area contributed by atoms with E-state index in [9.17, 15) is 4.39 Å². The van der Waals surface area contributed by atoms with E-state index in [1.165, 1.54) is 23.9 Å². The van der Waals surface area contributed by atoms with Crippen molar-refractivity contribution in [1.29, 1.82) is 0 Å². The van der Waals surface area contributed by atoms with E-state index in [0.29, 0.717) is 21.4 Å². The maximum Gasteiger partial charge on any atom is 0.124 e. The van der Waals surface area contributed by atoms with Crippen molar-refractivity contribution in [2.75, 3.05) is 6.54 Å². The largest absolute Gasteiger partial charge is 0.320 e. The molecule has 1 nitrogen and oxygen atoms in total. The molecule has 0 aliphatic heterocycles. The predicted molar refractivity (Wildman–Crippen MR) is 88.4 cm³/mol. The van der Waals surface area contributed by atoms with E-state index in [1.54, 1.807) is 18.2 Å². The molecule has 0 aliphatic carbocycles. The Morgan fingerprint density at radius 2 is 1.95 bits per heavy atom. The van der Waals surface area contributed by atoms with Crippen LogP contribution in [0.5, 0.6) is 0 Å². The van der Waals surface area contributed by atoms with Crippen molar-refractivity contribution in [2.45, 2.75) is 10.6 Å². The summed E-state index contributed by atoms with van der Waals surface area (Å²) in [6.07, 6.45) is 0. The van der Waals surface area contributed by atoms with Crippen LogP contribution in [0.4, 0.5) is 4.39 Å². The van der Waals surface area contributed by atoms with Crippen LogP contribution in [-0.4, -0.2) is 6.54 Å². The van der Waals surface area contributed by atoms with Crippen LogP contribution in [0.25, 0.3) is 0 Å². The molecule has 0 radical (unpaired) electrons. The molecule has 21 heavy (non-hydrogen) atoms. The van der Waals surface area contributed by atoms with Crippen LogP contribution in [0.1, 0.15) is 11.1 Å². The van der Waals surface area contributed by atoms with Gasteiger partial charge < -0.3 is 5.73 Å². The van der Waals surface area contributed by atoms with Crippen LogP contribution < -0.4 is 5.73 Å². The molecule has 0 atom stereocenters. The fraction of sp³-hybridized carbons (Fsp3) is 0.125. The second-order valence-corrected chi connectivity index (χ2v) is 6.08. The lowest BCUT2D eigenvalue weighted by Crippen LogP contribution is -1.93. The van der Waals surface area contributed by atoms with Gasteiger partial charge in [0.05, 0.1) is 11.6 Å². The molecule has 2 aromatic carbocycles. The topological polar surface area (TPSA) is 26.0 Å². The quantitative estimate of drug-likeness (QED) is 0.645. The Bertz CT molecular complexity index is 707. The summed E-state index contributed by atoms with van der Waals surface area (Å²) in [5.41, 5.74) is 6.77. The highest BCUT2D eigenvalue weighted by Crippen LogP contribution is 2.32. The second kappa shape index (κ2) is 7.72. The van der Waals surface area contributed by atoms with Crippen molar-refractivity contribution >= 4 is 35.0 Å². The van der Waals surface area contributed by atoms with E-state index in [2.05, 4.69) is 11.8 Å². The van der Waals surface area contributed by atoms with Gasteiger partial charge in [0, 0.05) is 21.2 Å². The number of benzene rings is 2. The van der Waals surface area contributed by atoms with E-state index in [0.717, 1.165) is 10.5 Å². The van der Waals surface area contributed by atoms with Crippen molar-refractivity contribution in [2.24, 2.45) is 5.73 Å². The molecule has 5 heteroatoms. The third-order valence-electron chi connectivity index (χ3n) is 2.58. The Labute approximate surface area is 137 Å². The van der Waals surface area contributed by atoms with Crippen LogP contribution >= 0.6 is 35.0 Å². The number of rotatable bonds is 3. The van der Waals surface area contributed by atoms with E-state index < -0.39 is 0 Å². The molecular weight excluding hydrogens is 328 g/mol. The number of hydrogen-bond donors (Lipinski definition) is 1. The molecule has 0 aliphatic rings. The minimum absolute atomic E-state index is 0.249. The Balaban J connectivity index is 2.16. The fourth-order valence-corrected chi connectivity index (χ4v) is 3.13. The summed E-state index contributed by atoms with van der Waals surface area (Å²) in [5.74, 6) is 5.81. The Morgan fingerprint density at radius 1 is 1.14 bits per heavy atom. The van der Waals surface area contributed by atoms with Gasteiger partial charge in [-0.3, -0.25) is 0 Å². The highest BCUT2D eigenvalue weighted by molar-refractivity contribution is 7.98. The van der Waals surface area contributed by atoms with Crippen LogP contribution in [-0.2, 0) is 5.75 Å². The molecule has 0 unspecified atom stereocenters. The molecule has 2 aromatic rings. The molecular formula is C16H12Cl2FNS. The average Bonchev–Trinajstić information content (AvgIpc) is 2.45. The van der Waals surface area contributed by atoms with Gasteiger partial charge in [0.1, 0.15) is 5.82 Å². The van der Waals surface area contributed by atoms with Gasteiger partial charge in [-0.1, -0.05) is 35.0 Å². The minimum atomic E-state index is -0.313. The van der Waals surface area contributed by atoms with Crippen molar-refractivity contribution in [3.63, 3.8) is 0 Å². The Kier molecular flexibility index (Phi) is 5.96. The molecule has 2 N–H and O–H groups in total. The first kappa shape index (κ1) is 16.2. The minimum Gasteiger partial charge on any atom is -0.320 e. The molecule has 0 saturated carbocycles. The van der Waals surface area contributed by atoms with Crippen LogP contribution in [0.15, 0.2) is 41.3 Å². The summed E-state index contributed by atoms with van der Waals surface area (Å²) in [6.45, 7) is 0.249. The number of thioether (sulfide) groups is 1. The van der Waals surface area contributed by atoms with Gasteiger partial charge in [-0.15, -0.1) is 11.8 Å². The number of nitrogens with two attached hydrogens (primary N) is 1. The lowest BCUT2D eigenvalue weighted by molar-refractivity contribution is 0.626. The van der Waals surface area contributed by atoms with E-state index in [-0.39, 0.29) is 12.4 Å². The second-order valence-electron chi connectivity index (χ2n) is 4.22. The Morgan fingerprint density at radius 3 is 2.71 bits per heavy atom. The summed E-state index contributed by atoms with van der Waals surface area (Å²) in [4.78, 5) is 0.864. The van der Waals surface area contributed by atoms with Crippen molar-refractivity contribution in [3.8, 4) is 11.8 Å². The van der Waals surface area contributed by atoms with E-state index in [4.69, 9.17) is 28.9 Å². The van der Waals surface area contributed by atoms with Crippen molar-refractivity contribution in [1.82, 2.24) is 0 Å². The van der Waals surface area contributed by atoms with Crippen molar-refractivity contribution < 1.29 is 4.39 Å². The standard InChI is InChI=1S/C16H12Cl2FNS/c17-13-3-4-15(18)16(9-13)21-10-12-6-11(2-1-5-20)7-14(19)8-12/h3-4,6-9H,5,10,20H2. The first-order valence-corrected chi connectivity index (χ1v) is 7.89. The maximum atomic E-state index is 13.6. The van der Waals surface area contributed by atoms with Gasteiger partial charge in [-0.05, 0) is 42.0 Å². The third-order valence-corrected chi connectivity index (χ3v) is 4.38. The van der Waals surface area contributed by atoms with Crippen molar-refractivity contribution in [3.05, 3.63) is 63.4 Å². The van der Waals surface area contributed by atoms with E-state index in [1.807, 2.05) is 6.07 Å².